The van der Waals surface area contributed by atoms with Gasteiger partial charge in [0.15, 0.2) is 0 Å². The first-order valence-electron chi connectivity index (χ1n) is 6.21. The summed E-state index contributed by atoms with van der Waals surface area (Å²) in [5.74, 6) is 0.483. The number of amides is 1. The number of hydrogen-bond donors (Lipinski definition) is 1. The quantitative estimate of drug-likeness (QED) is 0.915. The van der Waals surface area contributed by atoms with E-state index in [4.69, 9.17) is 16.3 Å². The Morgan fingerprint density at radius 3 is 2.83 bits per heavy atom. The first-order valence-corrected chi connectivity index (χ1v) is 6.59. The third-order valence-electron chi connectivity index (χ3n) is 3.28. The van der Waals surface area contributed by atoms with Crippen molar-refractivity contribution in [3.8, 4) is 5.88 Å². The molecule has 2 rings (SSSR count). The molecule has 0 aromatic carbocycles. The minimum atomic E-state index is 0.0462. The predicted molar refractivity (Wildman–Crippen MR) is 71.0 cm³/mol. The fraction of sp³-hybridized carbons (Fsp3) is 0.538. The molecule has 0 saturated heterocycles. The molecule has 1 N–H and O–H groups in total. The first-order chi connectivity index (χ1) is 8.72. The highest BCUT2D eigenvalue weighted by molar-refractivity contribution is 6.35. The number of hydrogen-bond acceptors (Lipinski definition) is 3. The number of rotatable bonds is 3. The van der Waals surface area contributed by atoms with Crippen molar-refractivity contribution in [1.29, 1.82) is 0 Å². The summed E-state index contributed by atoms with van der Waals surface area (Å²) in [6.07, 6.45) is 6.99. The van der Waals surface area contributed by atoms with Gasteiger partial charge in [-0.2, -0.15) is 0 Å². The van der Waals surface area contributed by atoms with E-state index in [2.05, 4.69) is 10.3 Å². The maximum atomic E-state index is 12.1. The van der Waals surface area contributed by atoms with Crippen molar-refractivity contribution < 1.29 is 9.53 Å². The van der Waals surface area contributed by atoms with E-state index in [9.17, 15) is 4.79 Å². The Balaban J connectivity index is 2.06. The normalized spacial score (nSPS) is 16.3. The van der Waals surface area contributed by atoms with Crippen LogP contribution in [0.25, 0.3) is 0 Å². The lowest BCUT2D eigenvalue weighted by Gasteiger charge is -2.21. The van der Waals surface area contributed by atoms with Gasteiger partial charge < -0.3 is 10.1 Å². The molecule has 1 saturated carbocycles. The highest BCUT2D eigenvalue weighted by atomic mass is 35.5. The number of aromatic nitrogens is 1. The van der Waals surface area contributed by atoms with Gasteiger partial charge in [-0.3, -0.25) is 4.79 Å². The number of methoxy groups -OCH3 is 1. The molecule has 1 aliphatic rings. The summed E-state index contributed by atoms with van der Waals surface area (Å²) in [6.45, 7) is 0. The molecule has 0 radical (unpaired) electrons. The summed E-state index contributed by atoms with van der Waals surface area (Å²) >= 11 is 6.09. The average Bonchev–Trinajstić information content (AvgIpc) is 2.42. The van der Waals surface area contributed by atoms with Gasteiger partial charge in [-0.15, -0.1) is 0 Å². The lowest BCUT2D eigenvalue weighted by atomic mass is 9.88. The predicted octanol–water partition coefficient (Wildman–Crippen LogP) is 3.26. The lowest BCUT2D eigenvalue weighted by molar-refractivity contribution is -0.120. The van der Waals surface area contributed by atoms with Crippen LogP contribution in [0.3, 0.4) is 0 Å². The number of ether oxygens (including phenoxy) is 1. The van der Waals surface area contributed by atoms with Crippen LogP contribution < -0.4 is 10.1 Å². The third-order valence-corrected chi connectivity index (χ3v) is 3.65. The molecule has 0 unspecified atom stereocenters. The monoisotopic (exact) mass is 268 g/mol. The largest absolute Gasteiger partial charge is 0.480 e. The van der Waals surface area contributed by atoms with Crippen LogP contribution in [-0.2, 0) is 4.79 Å². The highest BCUT2D eigenvalue weighted by Crippen LogP contribution is 2.31. The Morgan fingerprint density at radius 1 is 1.44 bits per heavy atom. The van der Waals surface area contributed by atoms with E-state index >= 15 is 0 Å². The van der Waals surface area contributed by atoms with Gasteiger partial charge in [0.2, 0.25) is 11.8 Å². The van der Waals surface area contributed by atoms with Gasteiger partial charge in [-0.05, 0) is 18.9 Å². The van der Waals surface area contributed by atoms with Crippen LogP contribution in [0.1, 0.15) is 32.1 Å². The molecule has 98 valence electrons. The maximum absolute atomic E-state index is 12.1. The molecule has 18 heavy (non-hydrogen) atoms. The summed E-state index contributed by atoms with van der Waals surface area (Å²) < 4.78 is 5.02. The van der Waals surface area contributed by atoms with Crippen molar-refractivity contribution in [3.63, 3.8) is 0 Å². The second-order valence-corrected chi connectivity index (χ2v) is 4.88. The van der Waals surface area contributed by atoms with E-state index in [1.165, 1.54) is 13.5 Å². The van der Waals surface area contributed by atoms with Crippen LogP contribution in [-0.4, -0.2) is 18.0 Å². The topological polar surface area (TPSA) is 51.2 Å². The number of nitrogens with zero attached hydrogens (tertiary/aromatic N) is 1. The van der Waals surface area contributed by atoms with E-state index in [0.29, 0.717) is 16.6 Å². The molecule has 1 aliphatic carbocycles. The number of halogens is 1. The van der Waals surface area contributed by atoms with Gasteiger partial charge in [0, 0.05) is 12.1 Å². The lowest BCUT2D eigenvalue weighted by Crippen LogP contribution is -2.24. The summed E-state index contributed by atoms with van der Waals surface area (Å²) in [5.41, 5.74) is 0.569. The Bertz CT molecular complexity index is 431. The maximum Gasteiger partial charge on any atom is 0.234 e. The third kappa shape index (κ3) is 2.93. The van der Waals surface area contributed by atoms with Crippen molar-refractivity contribution in [1.82, 2.24) is 4.98 Å². The number of carbonyl (C=O) groups excluding carboxylic acids is 1. The van der Waals surface area contributed by atoms with Crippen LogP contribution >= 0.6 is 11.6 Å². The molecular formula is C13H17ClN2O2. The van der Waals surface area contributed by atoms with Gasteiger partial charge in [-0.25, -0.2) is 4.98 Å². The van der Waals surface area contributed by atoms with Crippen LogP contribution in [0.2, 0.25) is 5.02 Å². The molecule has 0 aliphatic heterocycles. The zero-order valence-electron chi connectivity index (χ0n) is 10.4. The molecule has 1 heterocycles. The van der Waals surface area contributed by atoms with Crippen molar-refractivity contribution in [2.75, 3.05) is 12.4 Å². The van der Waals surface area contributed by atoms with E-state index in [0.717, 1.165) is 25.7 Å². The van der Waals surface area contributed by atoms with Crippen molar-refractivity contribution in [3.05, 3.63) is 17.3 Å². The number of nitrogens with one attached hydrogen (secondary N) is 1. The van der Waals surface area contributed by atoms with Crippen LogP contribution in [0, 0.1) is 5.92 Å². The fourth-order valence-electron chi connectivity index (χ4n) is 2.26. The Kier molecular flexibility index (Phi) is 4.42. The van der Waals surface area contributed by atoms with Gasteiger partial charge >= 0.3 is 0 Å². The summed E-state index contributed by atoms with van der Waals surface area (Å²) in [7, 11) is 1.50. The molecule has 5 heteroatoms. The zero-order chi connectivity index (χ0) is 13.0. The molecule has 0 atom stereocenters. The number of carbonyl (C=O) groups is 1. The second kappa shape index (κ2) is 6.05. The van der Waals surface area contributed by atoms with Crippen molar-refractivity contribution >= 4 is 23.2 Å². The van der Waals surface area contributed by atoms with Crippen molar-refractivity contribution in [2.45, 2.75) is 32.1 Å². The van der Waals surface area contributed by atoms with Gasteiger partial charge in [0.1, 0.15) is 5.02 Å². The van der Waals surface area contributed by atoms with E-state index in [1.807, 2.05) is 0 Å². The number of pyridine rings is 1. The van der Waals surface area contributed by atoms with Crippen LogP contribution in [0.15, 0.2) is 12.3 Å². The Morgan fingerprint density at radius 2 is 2.17 bits per heavy atom. The fourth-order valence-corrected chi connectivity index (χ4v) is 2.50. The van der Waals surface area contributed by atoms with Crippen LogP contribution in [0.4, 0.5) is 5.69 Å². The highest BCUT2D eigenvalue weighted by Gasteiger charge is 2.22. The second-order valence-electron chi connectivity index (χ2n) is 4.51. The van der Waals surface area contributed by atoms with E-state index in [-0.39, 0.29) is 11.8 Å². The van der Waals surface area contributed by atoms with Crippen LogP contribution in [0.5, 0.6) is 5.88 Å². The summed E-state index contributed by atoms with van der Waals surface area (Å²) in [6, 6.07) is 1.69. The van der Waals surface area contributed by atoms with Gasteiger partial charge in [0.05, 0.1) is 12.8 Å². The average molecular weight is 269 g/mol. The standard InChI is InChI=1S/C13H17ClN2O2/c1-18-13-11(14)10(7-8-15-13)16-12(17)9-5-3-2-4-6-9/h7-9H,2-6H2,1H3,(H,15,16,17). The van der Waals surface area contributed by atoms with E-state index < -0.39 is 0 Å². The SMILES string of the molecule is COc1nccc(NC(=O)C2CCCCC2)c1Cl. The smallest absolute Gasteiger partial charge is 0.234 e. The summed E-state index contributed by atoms with van der Waals surface area (Å²) in [5, 5.41) is 3.21. The molecule has 1 amide bonds. The molecule has 0 bridgehead atoms. The van der Waals surface area contributed by atoms with Gasteiger partial charge in [-0.1, -0.05) is 30.9 Å². The molecule has 1 aromatic rings. The van der Waals surface area contributed by atoms with Gasteiger partial charge in [0.25, 0.3) is 0 Å². The molecular weight excluding hydrogens is 252 g/mol. The first kappa shape index (κ1) is 13.1. The van der Waals surface area contributed by atoms with Crippen molar-refractivity contribution in [2.24, 2.45) is 5.92 Å². The van der Waals surface area contributed by atoms with E-state index in [1.54, 1.807) is 12.3 Å². The zero-order valence-corrected chi connectivity index (χ0v) is 11.2. The molecule has 1 aromatic heterocycles. The Hall–Kier alpha value is -1.29. The number of anilines is 1. The Labute approximate surface area is 112 Å². The minimum Gasteiger partial charge on any atom is -0.480 e. The summed E-state index contributed by atoms with van der Waals surface area (Å²) in [4.78, 5) is 16.1. The molecule has 1 fully saturated rings. The molecule has 4 nitrogen and oxygen atoms in total. The molecule has 0 spiro atoms. The minimum absolute atomic E-state index is 0.0462.